The van der Waals surface area contributed by atoms with E-state index in [1.54, 1.807) is 6.07 Å². The zero-order valence-electron chi connectivity index (χ0n) is 10.2. The van der Waals surface area contributed by atoms with Crippen molar-refractivity contribution in [2.45, 2.75) is 13.8 Å². The number of nitrogens with one attached hydrogen (secondary N) is 1. The fourth-order valence-corrected chi connectivity index (χ4v) is 2.19. The van der Waals surface area contributed by atoms with Gasteiger partial charge in [-0.05, 0) is 49.2 Å². The van der Waals surface area contributed by atoms with Crippen LogP contribution in [0.5, 0.6) is 0 Å². The Morgan fingerprint density at radius 2 is 1.89 bits per heavy atom. The summed E-state index contributed by atoms with van der Waals surface area (Å²) in [5, 5.41) is 3.72. The standard InChI is InChI=1S/C14H14ClFN2/c1-8-5-9(2)14(11(15)6-8)18-10-3-4-13(17)12(16)7-10/h3-7,18H,17H2,1-2H3. The Hall–Kier alpha value is -1.74. The smallest absolute Gasteiger partial charge is 0.148 e. The van der Waals surface area contributed by atoms with E-state index in [4.69, 9.17) is 17.3 Å². The lowest BCUT2D eigenvalue weighted by molar-refractivity contribution is 0.633. The Bertz CT molecular complexity index is 573. The summed E-state index contributed by atoms with van der Waals surface area (Å²) in [6.07, 6.45) is 0. The molecule has 2 aromatic rings. The van der Waals surface area contributed by atoms with Gasteiger partial charge >= 0.3 is 0 Å². The number of halogens is 2. The number of benzene rings is 2. The first kappa shape index (κ1) is 12.7. The van der Waals surface area contributed by atoms with Crippen LogP contribution in [0.4, 0.5) is 21.5 Å². The molecule has 0 bridgehead atoms. The maximum absolute atomic E-state index is 13.3. The molecule has 4 heteroatoms. The molecular weight excluding hydrogens is 251 g/mol. The summed E-state index contributed by atoms with van der Waals surface area (Å²) < 4.78 is 13.3. The molecular formula is C14H14ClFN2. The molecule has 0 radical (unpaired) electrons. The Balaban J connectivity index is 2.37. The first-order chi connectivity index (χ1) is 8.47. The maximum Gasteiger partial charge on any atom is 0.148 e. The molecule has 0 fully saturated rings. The minimum absolute atomic E-state index is 0.132. The summed E-state index contributed by atoms with van der Waals surface area (Å²) in [5.74, 6) is -0.444. The largest absolute Gasteiger partial charge is 0.396 e. The van der Waals surface area contributed by atoms with Crippen molar-refractivity contribution in [1.29, 1.82) is 0 Å². The predicted molar refractivity (Wildman–Crippen MR) is 75.0 cm³/mol. The third-order valence-electron chi connectivity index (χ3n) is 2.70. The van der Waals surface area contributed by atoms with Crippen LogP contribution in [0.2, 0.25) is 5.02 Å². The van der Waals surface area contributed by atoms with Crippen LogP contribution in [0.1, 0.15) is 11.1 Å². The number of rotatable bonds is 2. The van der Waals surface area contributed by atoms with Crippen LogP contribution in [-0.4, -0.2) is 0 Å². The molecule has 0 unspecified atom stereocenters. The molecule has 3 N–H and O–H groups in total. The van der Waals surface area contributed by atoms with Crippen LogP contribution in [0.15, 0.2) is 30.3 Å². The van der Waals surface area contributed by atoms with E-state index < -0.39 is 5.82 Å². The van der Waals surface area contributed by atoms with Gasteiger partial charge in [-0.2, -0.15) is 0 Å². The van der Waals surface area contributed by atoms with E-state index in [1.807, 2.05) is 26.0 Å². The van der Waals surface area contributed by atoms with Gasteiger partial charge in [0.1, 0.15) is 5.82 Å². The fraction of sp³-hybridized carbons (Fsp3) is 0.143. The van der Waals surface area contributed by atoms with E-state index in [-0.39, 0.29) is 5.69 Å². The Kier molecular flexibility index (Phi) is 3.43. The van der Waals surface area contributed by atoms with Crippen molar-refractivity contribution in [1.82, 2.24) is 0 Å². The topological polar surface area (TPSA) is 38.0 Å². The highest BCUT2D eigenvalue weighted by molar-refractivity contribution is 6.33. The molecule has 2 nitrogen and oxygen atoms in total. The van der Waals surface area contributed by atoms with Gasteiger partial charge in [0, 0.05) is 5.69 Å². The van der Waals surface area contributed by atoms with E-state index in [2.05, 4.69) is 5.32 Å². The molecule has 2 rings (SSSR count). The quantitative estimate of drug-likeness (QED) is 0.788. The predicted octanol–water partition coefficient (Wildman–Crippen LogP) is 4.42. The van der Waals surface area contributed by atoms with Gasteiger partial charge in [0.05, 0.1) is 16.4 Å². The van der Waals surface area contributed by atoms with E-state index >= 15 is 0 Å². The molecule has 0 atom stereocenters. The van der Waals surface area contributed by atoms with Gasteiger partial charge in [0.15, 0.2) is 0 Å². The molecule has 0 saturated heterocycles. The van der Waals surface area contributed by atoms with Crippen molar-refractivity contribution < 1.29 is 4.39 Å². The van der Waals surface area contributed by atoms with Crippen LogP contribution >= 0.6 is 11.6 Å². The van der Waals surface area contributed by atoms with Gasteiger partial charge in [-0.3, -0.25) is 0 Å². The van der Waals surface area contributed by atoms with E-state index in [0.717, 1.165) is 16.8 Å². The second-order valence-corrected chi connectivity index (χ2v) is 4.71. The fourth-order valence-electron chi connectivity index (χ4n) is 1.82. The van der Waals surface area contributed by atoms with E-state index in [0.29, 0.717) is 10.7 Å². The summed E-state index contributed by atoms with van der Waals surface area (Å²) in [5.41, 5.74) is 9.07. The van der Waals surface area contributed by atoms with Gasteiger partial charge in [-0.1, -0.05) is 17.7 Å². The van der Waals surface area contributed by atoms with Crippen molar-refractivity contribution in [3.63, 3.8) is 0 Å². The lowest BCUT2D eigenvalue weighted by Crippen LogP contribution is -1.97. The number of nitrogen functional groups attached to an aromatic ring is 1. The van der Waals surface area contributed by atoms with Gasteiger partial charge in [-0.15, -0.1) is 0 Å². The Morgan fingerprint density at radius 1 is 1.17 bits per heavy atom. The minimum atomic E-state index is -0.444. The molecule has 0 amide bonds. The first-order valence-corrected chi connectivity index (χ1v) is 5.94. The average molecular weight is 265 g/mol. The van der Waals surface area contributed by atoms with Crippen molar-refractivity contribution >= 4 is 28.7 Å². The number of aryl methyl sites for hydroxylation is 2. The van der Waals surface area contributed by atoms with Crippen molar-refractivity contribution in [3.05, 3.63) is 52.3 Å². The number of hydrogen-bond acceptors (Lipinski definition) is 2. The van der Waals surface area contributed by atoms with Gasteiger partial charge < -0.3 is 11.1 Å². The third kappa shape index (κ3) is 2.57. The number of anilines is 3. The van der Waals surface area contributed by atoms with Gasteiger partial charge in [0.25, 0.3) is 0 Å². The molecule has 0 aliphatic carbocycles. The van der Waals surface area contributed by atoms with Gasteiger partial charge in [0.2, 0.25) is 0 Å². The van der Waals surface area contributed by atoms with E-state index in [9.17, 15) is 4.39 Å². The molecule has 0 spiro atoms. The normalized spacial score (nSPS) is 10.4. The highest BCUT2D eigenvalue weighted by Gasteiger charge is 2.07. The summed E-state index contributed by atoms with van der Waals surface area (Å²) in [7, 11) is 0. The summed E-state index contributed by atoms with van der Waals surface area (Å²) in [6, 6.07) is 8.47. The molecule has 0 aliphatic rings. The van der Waals surface area contributed by atoms with Crippen LogP contribution in [0.3, 0.4) is 0 Å². The Labute approximate surface area is 111 Å². The summed E-state index contributed by atoms with van der Waals surface area (Å²) >= 11 is 6.17. The van der Waals surface area contributed by atoms with Crippen molar-refractivity contribution in [3.8, 4) is 0 Å². The molecule has 0 saturated carbocycles. The monoisotopic (exact) mass is 264 g/mol. The van der Waals surface area contributed by atoms with Gasteiger partial charge in [-0.25, -0.2) is 4.39 Å². The highest BCUT2D eigenvalue weighted by Crippen LogP contribution is 2.30. The minimum Gasteiger partial charge on any atom is -0.396 e. The molecule has 0 aliphatic heterocycles. The highest BCUT2D eigenvalue weighted by atomic mass is 35.5. The Morgan fingerprint density at radius 3 is 2.50 bits per heavy atom. The third-order valence-corrected chi connectivity index (χ3v) is 3.00. The molecule has 94 valence electrons. The van der Waals surface area contributed by atoms with Crippen LogP contribution in [0.25, 0.3) is 0 Å². The number of hydrogen-bond donors (Lipinski definition) is 2. The zero-order valence-corrected chi connectivity index (χ0v) is 11.0. The zero-order chi connectivity index (χ0) is 13.3. The lowest BCUT2D eigenvalue weighted by Gasteiger charge is -2.13. The van der Waals surface area contributed by atoms with Crippen molar-refractivity contribution in [2.75, 3.05) is 11.1 Å². The summed E-state index contributed by atoms with van der Waals surface area (Å²) in [6.45, 7) is 3.93. The van der Waals surface area contributed by atoms with Crippen LogP contribution in [0, 0.1) is 19.7 Å². The maximum atomic E-state index is 13.3. The van der Waals surface area contributed by atoms with Crippen LogP contribution in [-0.2, 0) is 0 Å². The molecule has 2 aromatic carbocycles. The lowest BCUT2D eigenvalue weighted by atomic mass is 10.1. The molecule has 0 aromatic heterocycles. The molecule has 0 heterocycles. The van der Waals surface area contributed by atoms with E-state index in [1.165, 1.54) is 12.1 Å². The second kappa shape index (κ2) is 4.86. The van der Waals surface area contributed by atoms with Crippen molar-refractivity contribution in [2.24, 2.45) is 0 Å². The number of nitrogens with two attached hydrogens (primary N) is 1. The molecule has 18 heavy (non-hydrogen) atoms. The summed E-state index contributed by atoms with van der Waals surface area (Å²) in [4.78, 5) is 0. The first-order valence-electron chi connectivity index (χ1n) is 5.56. The SMILES string of the molecule is Cc1cc(C)c(Nc2ccc(N)c(F)c2)c(Cl)c1. The second-order valence-electron chi connectivity index (χ2n) is 4.30. The van der Waals surface area contributed by atoms with Crippen LogP contribution < -0.4 is 11.1 Å². The average Bonchev–Trinajstić information content (AvgIpc) is 2.28.